The van der Waals surface area contributed by atoms with E-state index in [1.54, 1.807) is 0 Å². The lowest BCUT2D eigenvalue weighted by molar-refractivity contribution is -0.135. The number of carbonyl (C=O) groups is 2. The van der Waals surface area contributed by atoms with Crippen LogP contribution in [0, 0.1) is 6.92 Å². The number of benzene rings is 1. The van der Waals surface area contributed by atoms with Crippen molar-refractivity contribution in [3.05, 3.63) is 59.5 Å². The lowest BCUT2D eigenvalue weighted by Crippen LogP contribution is -2.67. The number of rotatable bonds is 6. The molecule has 3 aromatic rings. The van der Waals surface area contributed by atoms with E-state index < -0.39 is 5.54 Å². The first-order chi connectivity index (χ1) is 16.9. The number of hydrogen-bond donors (Lipinski definition) is 1. The van der Waals surface area contributed by atoms with Crippen LogP contribution >= 0.6 is 0 Å². The predicted octanol–water partition coefficient (Wildman–Crippen LogP) is 5.62. The quantitative estimate of drug-likeness (QED) is 0.471. The second-order valence-electron chi connectivity index (χ2n) is 10.7. The molecular formula is C29H37N3O3. The van der Waals surface area contributed by atoms with Crippen LogP contribution in [0.25, 0.3) is 11.1 Å². The molecule has 6 heteroatoms. The topological polar surface area (TPSA) is 67.5 Å². The van der Waals surface area contributed by atoms with Crippen molar-refractivity contribution in [2.75, 3.05) is 0 Å². The van der Waals surface area contributed by atoms with Crippen molar-refractivity contribution in [1.82, 2.24) is 14.8 Å². The molecule has 186 valence electrons. The van der Waals surface area contributed by atoms with E-state index in [1.165, 1.54) is 18.4 Å². The van der Waals surface area contributed by atoms with Crippen LogP contribution in [0.15, 0.2) is 46.9 Å². The van der Waals surface area contributed by atoms with Crippen molar-refractivity contribution >= 4 is 22.9 Å². The third-order valence-corrected chi connectivity index (χ3v) is 7.96. The molecule has 1 N–H and O–H groups in total. The molecule has 2 aliphatic rings. The Kier molecular flexibility index (Phi) is 6.47. The van der Waals surface area contributed by atoms with Crippen LogP contribution < -0.4 is 5.32 Å². The maximum Gasteiger partial charge on any atom is 0.271 e. The van der Waals surface area contributed by atoms with Gasteiger partial charge in [0.2, 0.25) is 5.91 Å². The minimum absolute atomic E-state index is 0.0444. The predicted molar refractivity (Wildman–Crippen MR) is 137 cm³/mol. The zero-order valence-corrected chi connectivity index (χ0v) is 21.2. The van der Waals surface area contributed by atoms with Gasteiger partial charge in [0, 0.05) is 24.2 Å². The maximum atomic E-state index is 14.0. The molecule has 0 unspecified atom stereocenters. The Morgan fingerprint density at radius 1 is 1.14 bits per heavy atom. The molecule has 1 fully saturated rings. The fraction of sp³-hybridized carbons (Fsp3) is 0.517. The van der Waals surface area contributed by atoms with Gasteiger partial charge in [0.1, 0.15) is 17.0 Å². The summed E-state index contributed by atoms with van der Waals surface area (Å²) in [6.07, 6.45) is 8.43. The smallest absolute Gasteiger partial charge is 0.271 e. The van der Waals surface area contributed by atoms with Gasteiger partial charge in [-0.25, -0.2) is 0 Å². The normalized spacial score (nSPS) is 22.1. The van der Waals surface area contributed by atoms with Crippen molar-refractivity contribution in [3.8, 4) is 0 Å². The van der Waals surface area contributed by atoms with Crippen LogP contribution in [0.4, 0.5) is 0 Å². The minimum Gasteiger partial charge on any atom is -0.460 e. The lowest BCUT2D eigenvalue weighted by atomic mass is 9.90. The molecule has 1 aliphatic carbocycles. The first kappa shape index (κ1) is 23.7. The molecule has 35 heavy (non-hydrogen) atoms. The van der Waals surface area contributed by atoms with Gasteiger partial charge in [-0.3, -0.25) is 9.59 Å². The third kappa shape index (κ3) is 4.51. The van der Waals surface area contributed by atoms with Gasteiger partial charge in [-0.2, -0.15) is 0 Å². The van der Waals surface area contributed by atoms with E-state index in [9.17, 15) is 9.59 Å². The van der Waals surface area contributed by atoms with Crippen LogP contribution in [0.3, 0.4) is 0 Å². The molecule has 1 aliphatic heterocycles. The van der Waals surface area contributed by atoms with Crippen molar-refractivity contribution in [2.24, 2.45) is 0 Å². The average molecular weight is 476 g/mol. The van der Waals surface area contributed by atoms with Crippen molar-refractivity contribution in [2.45, 2.75) is 96.3 Å². The van der Waals surface area contributed by atoms with E-state index in [0.29, 0.717) is 17.8 Å². The lowest BCUT2D eigenvalue weighted by Gasteiger charge is -2.47. The number of aryl methyl sites for hydroxylation is 2. The monoisotopic (exact) mass is 475 g/mol. The summed E-state index contributed by atoms with van der Waals surface area (Å²) in [5.74, 6) is 0.664. The first-order valence-corrected chi connectivity index (χ1v) is 13.1. The number of amides is 2. The molecule has 0 spiro atoms. The highest BCUT2D eigenvalue weighted by atomic mass is 16.3. The number of nitrogens with one attached hydrogen (secondary N) is 1. The van der Waals surface area contributed by atoms with Gasteiger partial charge in [-0.15, -0.1) is 0 Å². The van der Waals surface area contributed by atoms with Gasteiger partial charge in [-0.05, 0) is 52.0 Å². The van der Waals surface area contributed by atoms with Crippen LogP contribution in [-0.4, -0.2) is 38.9 Å². The Morgan fingerprint density at radius 3 is 2.57 bits per heavy atom. The molecule has 2 amide bonds. The van der Waals surface area contributed by atoms with Crippen LogP contribution in [0.2, 0.25) is 0 Å². The van der Waals surface area contributed by atoms with Gasteiger partial charge < -0.3 is 19.2 Å². The third-order valence-electron chi connectivity index (χ3n) is 7.96. The van der Waals surface area contributed by atoms with E-state index in [1.807, 2.05) is 53.6 Å². The number of nitrogens with zero attached hydrogens (tertiary/aromatic N) is 2. The van der Waals surface area contributed by atoms with Crippen molar-refractivity contribution in [3.63, 3.8) is 0 Å². The SMILES string of the molecule is Cc1cc2c(cc3n2C[C@@](C)(C(=O)NC2CCCCCC2)N([C@@H](C)CCc2ccccc2)C3=O)o1. The molecule has 0 saturated heterocycles. The van der Waals surface area contributed by atoms with E-state index in [2.05, 4.69) is 24.4 Å². The molecule has 1 saturated carbocycles. The van der Waals surface area contributed by atoms with Gasteiger partial charge in [0.15, 0.2) is 5.58 Å². The number of aromatic nitrogens is 1. The molecular weight excluding hydrogens is 438 g/mol. The van der Waals surface area contributed by atoms with E-state index >= 15 is 0 Å². The zero-order valence-electron chi connectivity index (χ0n) is 21.2. The summed E-state index contributed by atoms with van der Waals surface area (Å²) in [4.78, 5) is 29.8. The number of carbonyl (C=O) groups excluding carboxylic acids is 2. The fourth-order valence-electron chi connectivity index (χ4n) is 6.03. The molecule has 0 bridgehead atoms. The van der Waals surface area contributed by atoms with E-state index in [-0.39, 0.29) is 23.9 Å². The summed E-state index contributed by atoms with van der Waals surface area (Å²) in [5, 5.41) is 3.35. The van der Waals surface area contributed by atoms with Gasteiger partial charge in [0.25, 0.3) is 5.91 Å². The van der Waals surface area contributed by atoms with Crippen LogP contribution in [-0.2, 0) is 17.8 Å². The Labute approximate surface area is 207 Å². The summed E-state index contributed by atoms with van der Waals surface area (Å²) in [7, 11) is 0. The summed E-state index contributed by atoms with van der Waals surface area (Å²) in [6.45, 7) is 6.35. The number of fused-ring (bicyclic) bond motifs is 3. The molecule has 1 aromatic carbocycles. The first-order valence-electron chi connectivity index (χ1n) is 13.1. The largest absolute Gasteiger partial charge is 0.460 e. The second kappa shape index (κ2) is 9.56. The van der Waals surface area contributed by atoms with Crippen molar-refractivity contribution < 1.29 is 14.0 Å². The summed E-state index contributed by atoms with van der Waals surface area (Å²) in [6, 6.07) is 14.2. The number of hydrogen-bond acceptors (Lipinski definition) is 3. The highest BCUT2D eigenvalue weighted by Gasteiger charge is 2.50. The Hall–Kier alpha value is -3.02. The summed E-state index contributed by atoms with van der Waals surface area (Å²) >= 11 is 0. The summed E-state index contributed by atoms with van der Waals surface area (Å²) in [5.41, 5.74) is 2.45. The van der Waals surface area contributed by atoms with Gasteiger partial charge in [0.05, 0.1) is 12.1 Å². The average Bonchev–Trinajstić information content (AvgIpc) is 3.23. The molecule has 2 aromatic heterocycles. The van der Waals surface area contributed by atoms with E-state index in [0.717, 1.165) is 49.8 Å². The zero-order chi connectivity index (χ0) is 24.6. The van der Waals surface area contributed by atoms with Gasteiger partial charge in [-0.1, -0.05) is 56.0 Å². The highest BCUT2D eigenvalue weighted by Crippen LogP contribution is 2.36. The maximum absolute atomic E-state index is 14.0. The van der Waals surface area contributed by atoms with E-state index in [4.69, 9.17) is 4.42 Å². The Balaban J connectivity index is 1.47. The number of furan rings is 1. The molecule has 6 nitrogen and oxygen atoms in total. The molecule has 3 heterocycles. The van der Waals surface area contributed by atoms with Crippen molar-refractivity contribution in [1.29, 1.82) is 0 Å². The molecule has 5 rings (SSSR count). The minimum atomic E-state index is -0.983. The fourth-order valence-corrected chi connectivity index (χ4v) is 6.03. The van der Waals surface area contributed by atoms with Crippen LogP contribution in [0.5, 0.6) is 0 Å². The molecule has 2 atom stereocenters. The highest BCUT2D eigenvalue weighted by molar-refractivity contribution is 6.03. The second-order valence-corrected chi connectivity index (χ2v) is 10.7. The Morgan fingerprint density at radius 2 is 1.86 bits per heavy atom. The van der Waals surface area contributed by atoms with Crippen LogP contribution in [0.1, 0.15) is 80.6 Å². The standard InChI is InChI=1S/C29H37N3O3/c1-20(15-16-22-11-7-6-8-12-22)32-27(33)25-18-26-24(17-21(2)35-26)31(25)19-29(32,3)28(34)30-23-13-9-4-5-10-14-23/h6-8,11-12,17-18,20,23H,4-5,9-10,13-16,19H2,1-3H3,(H,30,34)/t20-,29-/m0/s1. The Bertz CT molecular complexity index is 1200. The summed E-state index contributed by atoms with van der Waals surface area (Å²) < 4.78 is 7.83. The van der Waals surface area contributed by atoms with Gasteiger partial charge >= 0.3 is 0 Å². The molecule has 0 radical (unpaired) electrons.